The predicted molar refractivity (Wildman–Crippen MR) is 99.3 cm³/mol. The molecule has 4 rings (SSSR count). The number of benzene rings is 2. The predicted octanol–water partition coefficient (Wildman–Crippen LogP) is 3.15. The fraction of sp³-hybridized carbons (Fsp3) is 0.143. The van der Waals surface area contributed by atoms with Gasteiger partial charge in [0.15, 0.2) is 5.76 Å². The molecule has 1 atom stereocenters. The molecule has 2 aromatic rings. The number of carbonyl (C=O) groups is 2. The third kappa shape index (κ3) is 2.66. The van der Waals surface area contributed by atoms with E-state index in [0.717, 1.165) is 5.56 Å². The molecule has 0 spiro atoms. The molecule has 1 aliphatic heterocycles. The van der Waals surface area contributed by atoms with Crippen molar-refractivity contribution < 1.29 is 24.2 Å². The molecule has 136 valence electrons. The number of hydrogen-bond acceptors (Lipinski definition) is 5. The summed E-state index contributed by atoms with van der Waals surface area (Å²) in [6.07, 6.45) is 0. The fourth-order valence-corrected chi connectivity index (χ4v) is 3.38. The number of aliphatic carboxylic acids is 1. The van der Waals surface area contributed by atoms with E-state index in [1.54, 1.807) is 30.3 Å². The van der Waals surface area contributed by atoms with Gasteiger partial charge in [-0.1, -0.05) is 42.0 Å². The number of ketones is 1. The Bertz CT molecular complexity index is 1020. The summed E-state index contributed by atoms with van der Waals surface area (Å²) >= 11 is 0. The molecule has 6 heteroatoms. The van der Waals surface area contributed by atoms with Gasteiger partial charge in [0.05, 0.1) is 18.4 Å². The van der Waals surface area contributed by atoms with E-state index in [0.29, 0.717) is 17.0 Å². The quantitative estimate of drug-likeness (QED) is 0.871. The summed E-state index contributed by atoms with van der Waals surface area (Å²) in [6, 6.07) is 13.5. The number of allylic oxidation sites excluding steroid dienone is 1. The number of nitrogens with one attached hydrogen (secondary N) is 1. The molecular weight excluding hydrogens is 346 g/mol. The van der Waals surface area contributed by atoms with E-state index in [-0.39, 0.29) is 22.7 Å². The van der Waals surface area contributed by atoms with Crippen LogP contribution < -0.4 is 10.1 Å². The normalized spacial score (nSPS) is 18.3. The molecule has 0 amide bonds. The van der Waals surface area contributed by atoms with Gasteiger partial charge in [0.25, 0.3) is 0 Å². The van der Waals surface area contributed by atoms with Gasteiger partial charge < -0.3 is 19.9 Å². The van der Waals surface area contributed by atoms with Gasteiger partial charge in [-0.15, -0.1) is 0 Å². The van der Waals surface area contributed by atoms with E-state index in [1.165, 1.54) is 7.11 Å². The Labute approximate surface area is 155 Å². The number of fused-ring (bicyclic) bond motifs is 2. The van der Waals surface area contributed by atoms with Gasteiger partial charge in [0.1, 0.15) is 11.8 Å². The molecule has 0 aromatic heterocycles. The van der Waals surface area contributed by atoms with Crippen LogP contribution in [0.3, 0.4) is 0 Å². The lowest BCUT2D eigenvalue weighted by Crippen LogP contribution is -2.40. The van der Waals surface area contributed by atoms with Crippen molar-refractivity contribution in [3.8, 4) is 5.75 Å². The minimum Gasteiger partial charge on any atom is -0.490 e. The van der Waals surface area contributed by atoms with Crippen LogP contribution in [0.1, 0.15) is 11.1 Å². The van der Waals surface area contributed by atoms with Crippen LogP contribution in [0.4, 0.5) is 5.69 Å². The molecule has 2 aromatic carbocycles. The van der Waals surface area contributed by atoms with E-state index in [4.69, 9.17) is 9.47 Å². The van der Waals surface area contributed by atoms with E-state index < -0.39 is 17.8 Å². The number of hydrogen-bond donors (Lipinski definition) is 2. The second-order valence-electron chi connectivity index (χ2n) is 6.36. The van der Waals surface area contributed by atoms with Gasteiger partial charge in [0, 0.05) is 5.57 Å². The summed E-state index contributed by atoms with van der Waals surface area (Å²) in [5, 5.41) is 13.1. The van der Waals surface area contributed by atoms with E-state index in [9.17, 15) is 14.7 Å². The summed E-state index contributed by atoms with van der Waals surface area (Å²) in [5.74, 6) is -1.02. The van der Waals surface area contributed by atoms with Crippen LogP contribution in [-0.4, -0.2) is 30.0 Å². The number of Topliss-reactive ketones (excluding diaryl/α,β-unsaturated/α-hetero) is 1. The Kier molecular flexibility index (Phi) is 3.96. The summed E-state index contributed by atoms with van der Waals surface area (Å²) in [6.45, 7) is 1.92. The third-order valence-corrected chi connectivity index (χ3v) is 4.66. The number of para-hydroxylation sites is 2. The second-order valence-corrected chi connectivity index (χ2v) is 6.36. The molecule has 2 aliphatic rings. The Hall–Kier alpha value is -3.54. The highest BCUT2D eigenvalue weighted by Gasteiger charge is 2.44. The lowest BCUT2D eigenvalue weighted by Gasteiger charge is -2.34. The maximum absolute atomic E-state index is 13.1. The molecule has 1 heterocycles. The molecule has 6 nitrogen and oxygen atoms in total. The highest BCUT2D eigenvalue weighted by Crippen LogP contribution is 2.42. The maximum Gasteiger partial charge on any atom is 0.334 e. The van der Waals surface area contributed by atoms with Crippen LogP contribution in [0, 0.1) is 6.92 Å². The highest BCUT2D eigenvalue weighted by molar-refractivity contribution is 6.33. The summed E-state index contributed by atoms with van der Waals surface area (Å²) in [5.41, 5.74) is 2.23. The molecule has 0 fully saturated rings. The van der Waals surface area contributed by atoms with Crippen molar-refractivity contribution in [2.24, 2.45) is 0 Å². The number of anilines is 1. The highest BCUT2D eigenvalue weighted by atomic mass is 16.5. The Morgan fingerprint density at radius 3 is 2.52 bits per heavy atom. The molecule has 1 aliphatic carbocycles. The van der Waals surface area contributed by atoms with Crippen LogP contribution in [0.2, 0.25) is 0 Å². The van der Waals surface area contributed by atoms with Crippen LogP contribution in [0.25, 0.3) is 5.57 Å². The molecule has 1 unspecified atom stereocenters. The summed E-state index contributed by atoms with van der Waals surface area (Å²) in [7, 11) is 1.37. The zero-order valence-electron chi connectivity index (χ0n) is 14.8. The largest absolute Gasteiger partial charge is 0.490 e. The molecule has 0 saturated heterocycles. The van der Waals surface area contributed by atoms with Crippen molar-refractivity contribution in [2.45, 2.75) is 13.0 Å². The van der Waals surface area contributed by atoms with E-state index >= 15 is 0 Å². The number of ether oxygens (including phenoxy) is 2. The van der Waals surface area contributed by atoms with Gasteiger partial charge in [-0.05, 0) is 24.6 Å². The molecule has 0 bridgehead atoms. The van der Waals surface area contributed by atoms with Crippen LogP contribution in [0.5, 0.6) is 5.75 Å². The second kappa shape index (κ2) is 6.32. The van der Waals surface area contributed by atoms with Crippen molar-refractivity contribution in [1.29, 1.82) is 0 Å². The van der Waals surface area contributed by atoms with Gasteiger partial charge in [0.2, 0.25) is 11.5 Å². The minimum atomic E-state index is -1.19. The number of carbonyl (C=O) groups excluding carboxylic acids is 1. The zero-order chi connectivity index (χ0) is 19.1. The lowest BCUT2D eigenvalue weighted by atomic mass is 9.84. The molecular formula is C21H17NO5. The topological polar surface area (TPSA) is 84.9 Å². The van der Waals surface area contributed by atoms with Crippen molar-refractivity contribution in [2.75, 3.05) is 12.4 Å². The number of methoxy groups -OCH3 is 1. The number of carboxylic acid groups (broad SMARTS) is 1. The van der Waals surface area contributed by atoms with E-state index in [1.807, 2.05) is 25.1 Å². The third-order valence-electron chi connectivity index (χ3n) is 4.66. The molecule has 2 N–H and O–H groups in total. The van der Waals surface area contributed by atoms with Gasteiger partial charge >= 0.3 is 5.97 Å². The Morgan fingerprint density at radius 1 is 1.15 bits per heavy atom. The van der Waals surface area contributed by atoms with Crippen molar-refractivity contribution in [1.82, 2.24) is 0 Å². The lowest BCUT2D eigenvalue weighted by molar-refractivity contribution is -0.133. The van der Waals surface area contributed by atoms with Gasteiger partial charge in [-0.25, -0.2) is 4.79 Å². The summed E-state index contributed by atoms with van der Waals surface area (Å²) < 4.78 is 11.2. The first-order valence-electron chi connectivity index (χ1n) is 8.42. The monoisotopic (exact) mass is 363 g/mol. The van der Waals surface area contributed by atoms with Gasteiger partial charge in [-0.3, -0.25) is 4.79 Å². The maximum atomic E-state index is 13.1. The van der Waals surface area contributed by atoms with E-state index in [2.05, 4.69) is 5.32 Å². The average molecular weight is 363 g/mol. The fourth-order valence-electron chi connectivity index (χ4n) is 3.38. The van der Waals surface area contributed by atoms with Crippen molar-refractivity contribution >= 4 is 23.0 Å². The number of rotatable bonds is 3. The smallest absolute Gasteiger partial charge is 0.334 e. The number of aryl methyl sites for hydroxylation is 1. The van der Waals surface area contributed by atoms with Crippen LogP contribution in [-0.2, 0) is 14.3 Å². The Balaban J connectivity index is 1.95. The van der Waals surface area contributed by atoms with Crippen molar-refractivity contribution in [3.63, 3.8) is 0 Å². The SMILES string of the molecule is COC1=C2Oc3ccccc3NC2C(C(=O)O)=C(c2ccc(C)cc2)C1=O. The Morgan fingerprint density at radius 2 is 1.85 bits per heavy atom. The standard InChI is InChI=1S/C21H17NO5/c1-11-7-9-12(10-8-11)15-16(21(24)25)17-19(20(26-2)18(15)23)27-14-6-4-3-5-13(14)22-17/h3-10,17,22H,1-2H3,(H,24,25). The van der Waals surface area contributed by atoms with Crippen LogP contribution >= 0.6 is 0 Å². The van der Waals surface area contributed by atoms with Gasteiger partial charge in [-0.2, -0.15) is 0 Å². The first-order chi connectivity index (χ1) is 13.0. The average Bonchev–Trinajstić information content (AvgIpc) is 2.66. The molecule has 0 radical (unpaired) electrons. The number of carboxylic acids is 1. The van der Waals surface area contributed by atoms with Crippen LogP contribution in [0.15, 0.2) is 65.6 Å². The first-order valence-corrected chi connectivity index (χ1v) is 8.42. The zero-order valence-corrected chi connectivity index (χ0v) is 14.8. The van der Waals surface area contributed by atoms with Crippen molar-refractivity contribution in [3.05, 3.63) is 76.7 Å². The minimum absolute atomic E-state index is 0.00239. The molecule has 27 heavy (non-hydrogen) atoms. The first kappa shape index (κ1) is 16.9. The molecule has 0 saturated carbocycles. The summed E-state index contributed by atoms with van der Waals surface area (Å²) in [4.78, 5) is 25.3.